The number of nitrogens with two attached hydrogens (primary N) is 1. The summed E-state index contributed by atoms with van der Waals surface area (Å²) in [6.07, 6.45) is 2.07. The first kappa shape index (κ1) is 13.3. The molecule has 3 nitrogen and oxygen atoms in total. The molecule has 1 heterocycles. The van der Waals surface area contributed by atoms with Crippen molar-refractivity contribution in [2.75, 3.05) is 26.4 Å². The summed E-state index contributed by atoms with van der Waals surface area (Å²) in [5, 5.41) is 0. The molecule has 1 fully saturated rings. The molecule has 2 rings (SSSR count). The molecular weight excluding hydrogens is 233 g/mol. The Hall–Kier alpha value is -1.13. The fourth-order valence-corrected chi connectivity index (χ4v) is 2.34. The van der Waals surface area contributed by atoms with Gasteiger partial charge in [0.05, 0.1) is 6.61 Å². The van der Waals surface area contributed by atoms with E-state index in [2.05, 4.69) is 0 Å². The minimum Gasteiger partial charge on any atom is -0.493 e. The van der Waals surface area contributed by atoms with Gasteiger partial charge in [-0.15, -0.1) is 0 Å². The van der Waals surface area contributed by atoms with E-state index in [1.807, 2.05) is 0 Å². The van der Waals surface area contributed by atoms with Crippen molar-refractivity contribution in [1.82, 2.24) is 0 Å². The highest BCUT2D eigenvalue weighted by molar-refractivity contribution is 5.22. The van der Waals surface area contributed by atoms with E-state index in [4.69, 9.17) is 15.2 Å². The van der Waals surface area contributed by atoms with Crippen LogP contribution in [0.3, 0.4) is 0 Å². The topological polar surface area (TPSA) is 44.5 Å². The van der Waals surface area contributed by atoms with Gasteiger partial charge in [0, 0.05) is 25.2 Å². The maximum absolute atomic E-state index is 13.0. The van der Waals surface area contributed by atoms with E-state index in [1.165, 1.54) is 12.1 Å². The van der Waals surface area contributed by atoms with Crippen molar-refractivity contribution in [3.8, 4) is 5.75 Å². The van der Waals surface area contributed by atoms with E-state index >= 15 is 0 Å². The van der Waals surface area contributed by atoms with Crippen LogP contribution in [0.4, 0.5) is 4.39 Å². The van der Waals surface area contributed by atoms with E-state index in [0.29, 0.717) is 30.7 Å². The normalized spacial score (nSPS) is 18.6. The van der Waals surface area contributed by atoms with Crippen molar-refractivity contribution < 1.29 is 13.9 Å². The average molecular weight is 253 g/mol. The van der Waals surface area contributed by atoms with E-state index in [9.17, 15) is 4.39 Å². The average Bonchev–Trinajstić information content (AvgIpc) is 2.41. The third kappa shape index (κ3) is 3.68. The summed E-state index contributed by atoms with van der Waals surface area (Å²) in [6.45, 7) is 2.76. The van der Waals surface area contributed by atoms with E-state index in [1.54, 1.807) is 12.1 Å². The number of benzene rings is 1. The molecule has 1 aliphatic rings. The van der Waals surface area contributed by atoms with Crippen LogP contribution >= 0.6 is 0 Å². The highest BCUT2D eigenvalue weighted by Gasteiger charge is 2.23. The van der Waals surface area contributed by atoms with Crippen LogP contribution in [-0.4, -0.2) is 26.4 Å². The van der Waals surface area contributed by atoms with Gasteiger partial charge >= 0.3 is 0 Å². The molecule has 2 N–H and O–H groups in total. The van der Waals surface area contributed by atoms with Crippen molar-refractivity contribution in [3.05, 3.63) is 30.1 Å². The van der Waals surface area contributed by atoms with Crippen LogP contribution in [0.15, 0.2) is 24.3 Å². The highest BCUT2D eigenvalue weighted by atomic mass is 19.1. The molecule has 1 aromatic carbocycles. The third-order valence-corrected chi connectivity index (χ3v) is 3.50. The SMILES string of the molecule is NCC(COc1cccc(F)c1)C1CCOCC1. The summed E-state index contributed by atoms with van der Waals surface area (Å²) < 4.78 is 24.0. The number of hydrogen-bond donors (Lipinski definition) is 1. The van der Waals surface area contributed by atoms with Crippen LogP contribution in [0.5, 0.6) is 5.75 Å². The molecule has 1 saturated heterocycles. The van der Waals surface area contributed by atoms with Crippen molar-refractivity contribution in [2.45, 2.75) is 12.8 Å². The first-order valence-electron chi connectivity index (χ1n) is 6.46. The van der Waals surface area contributed by atoms with Crippen molar-refractivity contribution in [2.24, 2.45) is 17.6 Å². The van der Waals surface area contributed by atoms with Gasteiger partial charge in [-0.1, -0.05) is 6.07 Å². The van der Waals surface area contributed by atoms with Crippen LogP contribution in [0, 0.1) is 17.7 Å². The van der Waals surface area contributed by atoms with Crippen LogP contribution in [-0.2, 0) is 4.74 Å². The largest absolute Gasteiger partial charge is 0.493 e. The Kier molecular flexibility index (Phi) is 4.96. The lowest BCUT2D eigenvalue weighted by atomic mass is 9.86. The Bertz CT molecular complexity index is 367. The van der Waals surface area contributed by atoms with E-state index in [0.717, 1.165) is 26.1 Å². The fraction of sp³-hybridized carbons (Fsp3) is 0.571. The first-order chi connectivity index (χ1) is 8.79. The lowest BCUT2D eigenvalue weighted by Gasteiger charge is -2.29. The Morgan fingerprint density at radius 3 is 2.83 bits per heavy atom. The minimum absolute atomic E-state index is 0.275. The minimum atomic E-state index is -0.275. The van der Waals surface area contributed by atoms with Crippen molar-refractivity contribution >= 4 is 0 Å². The number of halogens is 1. The van der Waals surface area contributed by atoms with Gasteiger partial charge in [-0.05, 0) is 37.4 Å². The van der Waals surface area contributed by atoms with Crippen LogP contribution in [0.1, 0.15) is 12.8 Å². The Labute approximate surface area is 107 Å². The fourth-order valence-electron chi connectivity index (χ4n) is 2.34. The number of hydrogen-bond acceptors (Lipinski definition) is 3. The smallest absolute Gasteiger partial charge is 0.126 e. The Balaban J connectivity index is 1.86. The Morgan fingerprint density at radius 1 is 1.39 bits per heavy atom. The third-order valence-electron chi connectivity index (χ3n) is 3.50. The summed E-state index contributed by atoms with van der Waals surface area (Å²) in [6, 6.07) is 6.22. The van der Waals surface area contributed by atoms with E-state index in [-0.39, 0.29) is 5.82 Å². The second-order valence-electron chi connectivity index (χ2n) is 4.71. The van der Waals surface area contributed by atoms with Gasteiger partial charge in [0.1, 0.15) is 11.6 Å². The lowest BCUT2D eigenvalue weighted by molar-refractivity contribution is 0.0381. The molecule has 0 radical (unpaired) electrons. The molecule has 4 heteroatoms. The standard InChI is InChI=1S/C14H20FNO2/c15-13-2-1-3-14(8-13)18-10-12(9-16)11-4-6-17-7-5-11/h1-3,8,11-12H,4-7,9-10,16H2. The second-order valence-corrected chi connectivity index (χ2v) is 4.71. The summed E-state index contributed by atoms with van der Waals surface area (Å²) >= 11 is 0. The van der Waals surface area contributed by atoms with E-state index < -0.39 is 0 Å². The predicted molar refractivity (Wildman–Crippen MR) is 68.0 cm³/mol. The molecule has 1 aliphatic heterocycles. The molecule has 100 valence electrons. The van der Waals surface area contributed by atoms with Gasteiger partial charge in [0.25, 0.3) is 0 Å². The summed E-state index contributed by atoms with van der Waals surface area (Å²) in [5.41, 5.74) is 5.80. The molecule has 1 aromatic rings. The second kappa shape index (κ2) is 6.71. The maximum Gasteiger partial charge on any atom is 0.126 e. The van der Waals surface area contributed by atoms with Gasteiger partial charge in [0.15, 0.2) is 0 Å². The van der Waals surface area contributed by atoms with Gasteiger partial charge in [-0.2, -0.15) is 0 Å². The van der Waals surface area contributed by atoms with Gasteiger partial charge < -0.3 is 15.2 Å². The van der Waals surface area contributed by atoms with Gasteiger partial charge in [-0.25, -0.2) is 4.39 Å². The zero-order valence-corrected chi connectivity index (χ0v) is 10.5. The predicted octanol–water partition coefficient (Wildman–Crippen LogP) is 2.21. The van der Waals surface area contributed by atoms with Crippen LogP contribution in [0.2, 0.25) is 0 Å². The quantitative estimate of drug-likeness (QED) is 0.875. The molecule has 0 saturated carbocycles. The monoisotopic (exact) mass is 253 g/mol. The van der Waals surface area contributed by atoms with Crippen molar-refractivity contribution in [1.29, 1.82) is 0 Å². The molecule has 1 unspecified atom stereocenters. The lowest BCUT2D eigenvalue weighted by Crippen LogP contribution is -2.32. The number of ether oxygens (including phenoxy) is 2. The zero-order chi connectivity index (χ0) is 12.8. The molecule has 0 bridgehead atoms. The van der Waals surface area contributed by atoms with Crippen LogP contribution < -0.4 is 10.5 Å². The Morgan fingerprint density at radius 2 is 2.17 bits per heavy atom. The molecule has 18 heavy (non-hydrogen) atoms. The van der Waals surface area contributed by atoms with Gasteiger partial charge in [0.2, 0.25) is 0 Å². The maximum atomic E-state index is 13.0. The number of rotatable bonds is 5. The van der Waals surface area contributed by atoms with Crippen LogP contribution in [0.25, 0.3) is 0 Å². The molecule has 0 amide bonds. The zero-order valence-electron chi connectivity index (χ0n) is 10.5. The highest BCUT2D eigenvalue weighted by Crippen LogP contribution is 2.24. The molecule has 1 atom stereocenters. The first-order valence-corrected chi connectivity index (χ1v) is 6.46. The van der Waals surface area contributed by atoms with Gasteiger partial charge in [-0.3, -0.25) is 0 Å². The molecule has 0 aromatic heterocycles. The van der Waals surface area contributed by atoms with Crippen molar-refractivity contribution in [3.63, 3.8) is 0 Å². The molecule has 0 spiro atoms. The molecule has 0 aliphatic carbocycles. The summed E-state index contributed by atoms with van der Waals surface area (Å²) in [4.78, 5) is 0. The molecular formula is C14H20FNO2. The summed E-state index contributed by atoms with van der Waals surface area (Å²) in [7, 11) is 0. The summed E-state index contributed by atoms with van der Waals surface area (Å²) in [5.74, 6) is 1.16.